The highest BCUT2D eigenvalue weighted by Gasteiger charge is 2.12. The lowest BCUT2D eigenvalue weighted by Gasteiger charge is -2.18. The van der Waals surface area contributed by atoms with Crippen molar-refractivity contribution in [2.24, 2.45) is 0 Å². The molecule has 5 heteroatoms. The van der Waals surface area contributed by atoms with Gasteiger partial charge >= 0.3 is 0 Å². The van der Waals surface area contributed by atoms with Gasteiger partial charge in [-0.3, -0.25) is 4.79 Å². The van der Waals surface area contributed by atoms with Crippen molar-refractivity contribution in [3.05, 3.63) is 59.1 Å². The summed E-state index contributed by atoms with van der Waals surface area (Å²) >= 11 is 7.62. The maximum Gasteiger partial charge on any atom is 0.220 e. The normalized spacial score (nSPS) is 11.8. The van der Waals surface area contributed by atoms with Gasteiger partial charge in [-0.25, -0.2) is 0 Å². The molecule has 25 heavy (non-hydrogen) atoms. The fraction of sp³-hybridized carbons (Fsp3) is 0.350. The van der Waals surface area contributed by atoms with Gasteiger partial charge in [0.05, 0.1) is 13.2 Å². The molecular weight excluding hydrogens is 354 g/mol. The minimum absolute atomic E-state index is 0.0438. The van der Waals surface area contributed by atoms with Crippen molar-refractivity contribution in [1.82, 2.24) is 5.32 Å². The van der Waals surface area contributed by atoms with Gasteiger partial charge in [-0.2, -0.15) is 0 Å². The Bertz CT molecular complexity index is 658. The average Bonchev–Trinajstić information content (AvgIpc) is 2.65. The van der Waals surface area contributed by atoms with Crippen molar-refractivity contribution in [3.63, 3.8) is 0 Å². The maximum atomic E-state index is 12.2. The van der Waals surface area contributed by atoms with Gasteiger partial charge in [0.25, 0.3) is 0 Å². The number of carbonyl (C=O) groups excluding carboxylic acids is 1. The van der Waals surface area contributed by atoms with Crippen LogP contribution >= 0.6 is 23.4 Å². The Kier molecular flexibility index (Phi) is 8.16. The van der Waals surface area contributed by atoms with Crippen LogP contribution in [0.5, 0.6) is 5.75 Å². The largest absolute Gasteiger partial charge is 0.497 e. The van der Waals surface area contributed by atoms with Crippen LogP contribution in [0.3, 0.4) is 0 Å². The number of benzene rings is 2. The first-order valence-electron chi connectivity index (χ1n) is 8.44. The summed E-state index contributed by atoms with van der Waals surface area (Å²) in [6.07, 6.45) is 2.24. The molecule has 0 bridgehead atoms. The highest BCUT2D eigenvalue weighted by Crippen LogP contribution is 2.22. The molecule has 0 saturated carbocycles. The number of halogens is 1. The van der Waals surface area contributed by atoms with Gasteiger partial charge in [0.1, 0.15) is 5.75 Å². The van der Waals surface area contributed by atoms with Crippen molar-refractivity contribution < 1.29 is 9.53 Å². The standard InChI is InChI=1S/C20H24ClNO2S/c1-3-19(15-6-10-17(24-2)11-7-15)22-20(23)5-4-14-25-18-12-8-16(21)9-13-18/h6-13,19H,3-5,14H2,1-2H3,(H,22,23)/t19-/m0/s1. The molecular formula is C20H24ClNO2S. The van der Waals surface area contributed by atoms with Crippen molar-refractivity contribution in [2.75, 3.05) is 12.9 Å². The fourth-order valence-corrected chi connectivity index (χ4v) is 3.46. The quantitative estimate of drug-likeness (QED) is 0.464. The van der Waals surface area contributed by atoms with E-state index in [-0.39, 0.29) is 11.9 Å². The van der Waals surface area contributed by atoms with Crippen LogP contribution in [0, 0.1) is 0 Å². The zero-order chi connectivity index (χ0) is 18.1. The smallest absolute Gasteiger partial charge is 0.220 e. The molecule has 0 radical (unpaired) electrons. The fourth-order valence-electron chi connectivity index (χ4n) is 2.48. The Morgan fingerprint density at radius 2 is 1.84 bits per heavy atom. The predicted molar refractivity (Wildman–Crippen MR) is 106 cm³/mol. The zero-order valence-corrected chi connectivity index (χ0v) is 16.2. The van der Waals surface area contributed by atoms with Gasteiger partial charge in [-0.15, -0.1) is 11.8 Å². The Labute approximate surface area is 159 Å². The lowest BCUT2D eigenvalue weighted by molar-refractivity contribution is -0.121. The third kappa shape index (κ3) is 6.63. The van der Waals surface area contributed by atoms with Crippen LogP contribution in [0.1, 0.15) is 37.8 Å². The van der Waals surface area contributed by atoms with E-state index in [2.05, 4.69) is 12.2 Å². The topological polar surface area (TPSA) is 38.3 Å². The second kappa shape index (κ2) is 10.4. The number of nitrogens with one attached hydrogen (secondary N) is 1. The first-order chi connectivity index (χ1) is 12.1. The number of carbonyl (C=O) groups is 1. The Morgan fingerprint density at radius 3 is 2.44 bits per heavy atom. The predicted octanol–water partition coefficient (Wildman–Crippen LogP) is 5.49. The van der Waals surface area contributed by atoms with Gasteiger partial charge < -0.3 is 10.1 Å². The van der Waals surface area contributed by atoms with Crippen LogP contribution in [-0.4, -0.2) is 18.8 Å². The van der Waals surface area contributed by atoms with Gasteiger partial charge in [0.15, 0.2) is 0 Å². The molecule has 0 saturated heterocycles. The molecule has 0 aliphatic carbocycles. The van der Waals surface area contributed by atoms with E-state index in [1.165, 1.54) is 4.90 Å². The van der Waals surface area contributed by atoms with Crippen LogP contribution < -0.4 is 10.1 Å². The summed E-state index contributed by atoms with van der Waals surface area (Å²) in [7, 11) is 1.65. The van der Waals surface area contributed by atoms with Gasteiger partial charge in [-0.05, 0) is 60.6 Å². The van der Waals surface area contributed by atoms with E-state index < -0.39 is 0 Å². The number of amides is 1. The summed E-state index contributed by atoms with van der Waals surface area (Å²) in [5.41, 5.74) is 1.10. The third-order valence-corrected chi connectivity index (χ3v) is 5.24. The Hall–Kier alpha value is -1.65. The zero-order valence-electron chi connectivity index (χ0n) is 14.6. The molecule has 2 aromatic carbocycles. The van der Waals surface area contributed by atoms with Gasteiger partial charge in [0.2, 0.25) is 5.91 Å². The number of rotatable bonds is 9. The molecule has 1 N–H and O–H groups in total. The number of methoxy groups -OCH3 is 1. The lowest BCUT2D eigenvalue weighted by Crippen LogP contribution is -2.27. The van der Waals surface area contributed by atoms with Crippen LogP contribution in [0.4, 0.5) is 0 Å². The van der Waals surface area contributed by atoms with E-state index in [9.17, 15) is 4.79 Å². The number of hydrogen-bond donors (Lipinski definition) is 1. The van der Waals surface area contributed by atoms with Crippen LogP contribution in [0.15, 0.2) is 53.4 Å². The van der Waals surface area contributed by atoms with Crippen molar-refractivity contribution >= 4 is 29.3 Å². The Morgan fingerprint density at radius 1 is 1.16 bits per heavy atom. The molecule has 0 aliphatic heterocycles. The van der Waals surface area contributed by atoms with E-state index in [1.807, 2.05) is 48.5 Å². The highest BCUT2D eigenvalue weighted by atomic mass is 35.5. The van der Waals surface area contributed by atoms with Crippen LogP contribution in [0.25, 0.3) is 0 Å². The number of ether oxygens (including phenoxy) is 1. The molecule has 2 aromatic rings. The maximum absolute atomic E-state index is 12.2. The van der Waals surface area contributed by atoms with Gasteiger partial charge in [-0.1, -0.05) is 30.7 Å². The molecule has 0 heterocycles. The molecule has 0 aliphatic rings. The summed E-state index contributed by atoms with van der Waals surface area (Å²) < 4.78 is 5.18. The minimum atomic E-state index is 0.0438. The van der Waals surface area contributed by atoms with Gasteiger partial charge in [0, 0.05) is 16.3 Å². The molecule has 0 unspecified atom stereocenters. The monoisotopic (exact) mass is 377 g/mol. The van der Waals surface area contributed by atoms with Crippen molar-refractivity contribution in [1.29, 1.82) is 0 Å². The van der Waals surface area contributed by atoms with E-state index in [0.29, 0.717) is 6.42 Å². The molecule has 0 spiro atoms. The summed E-state index contributed by atoms with van der Waals surface area (Å²) in [5.74, 6) is 1.83. The molecule has 2 rings (SSSR count). The number of hydrogen-bond acceptors (Lipinski definition) is 3. The summed E-state index contributed by atoms with van der Waals surface area (Å²) in [6, 6.07) is 15.7. The summed E-state index contributed by atoms with van der Waals surface area (Å²) in [4.78, 5) is 13.4. The Balaban J connectivity index is 1.74. The van der Waals surface area contributed by atoms with Crippen LogP contribution in [0.2, 0.25) is 5.02 Å². The molecule has 0 fully saturated rings. The first kappa shape index (κ1) is 19.7. The van der Waals surface area contributed by atoms with Crippen molar-refractivity contribution in [3.8, 4) is 5.75 Å². The molecule has 0 aromatic heterocycles. The van der Waals surface area contributed by atoms with Crippen LogP contribution in [-0.2, 0) is 4.79 Å². The van der Waals surface area contributed by atoms with E-state index in [1.54, 1.807) is 18.9 Å². The average molecular weight is 378 g/mol. The lowest BCUT2D eigenvalue weighted by atomic mass is 10.0. The number of thioether (sulfide) groups is 1. The highest BCUT2D eigenvalue weighted by molar-refractivity contribution is 7.99. The molecule has 1 atom stereocenters. The molecule has 1 amide bonds. The van der Waals surface area contributed by atoms with E-state index in [0.717, 1.165) is 34.9 Å². The second-order valence-corrected chi connectivity index (χ2v) is 7.31. The minimum Gasteiger partial charge on any atom is -0.497 e. The summed E-state index contributed by atoms with van der Waals surface area (Å²) in [5, 5.41) is 3.86. The first-order valence-corrected chi connectivity index (χ1v) is 9.80. The van der Waals surface area contributed by atoms with Crippen molar-refractivity contribution in [2.45, 2.75) is 37.1 Å². The van der Waals surface area contributed by atoms with E-state index >= 15 is 0 Å². The third-order valence-electron chi connectivity index (χ3n) is 3.89. The summed E-state index contributed by atoms with van der Waals surface area (Å²) in [6.45, 7) is 2.07. The SMILES string of the molecule is CC[C@H](NC(=O)CCCSc1ccc(Cl)cc1)c1ccc(OC)cc1. The van der Waals surface area contributed by atoms with E-state index in [4.69, 9.17) is 16.3 Å². The molecule has 3 nitrogen and oxygen atoms in total. The molecule has 134 valence electrons. The second-order valence-electron chi connectivity index (χ2n) is 5.71.